The average Bonchev–Trinajstić information content (AvgIpc) is 2.51. The molecule has 1 saturated heterocycles. The van der Waals surface area contributed by atoms with Gasteiger partial charge in [0.05, 0.1) is 31.9 Å². The Labute approximate surface area is 155 Å². The average molecular weight is 362 g/mol. The summed E-state index contributed by atoms with van der Waals surface area (Å²) in [5.41, 5.74) is 2.27. The molecule has 0 aromatic heterocycles. The predicted molar refractivity (Wildman–Crippen MR) is 99.0 cm³/mol. The van der Waals surface area contributed by atoms with Gasteiger partial charge in [0.25, 0.3) is 0 Å². The van der Waals surface area contributed by atoms with Gasteiger partial charge >= 0.3 is 6.09 Å². The highest BCUT2D eigenvalue weighted by Crippen LogP contribution is 2.19. The number of aliphatic hydroxyl groups is 1. The fourth-order valence-electron chi connectivity index (χ4n) is 3.33. The third-order valence-corrected chi connectivity index (χ3v) is 4.70. The monoisotopic (exact) mass is 362 g/mol. The summed E-state index contributed by atoms with van der Waals surface area (Å²) in [6.07, 6.45) is 0.192. The van der Waals surface area contributed by atoms with Crippen LogP contribution in [0.5, 0.6) is 0 Å². The molecule has 2 aliphatic rings. The molecule has 2 aliphatic heterocycles. The number of carbonyl (C=O) groups is 1. The van der Waals surface area contributed by atoms with Crippen molar-refractivity contribution in [3.05, 3.63) is 35.4 Å². The Bertz CT molecular complexity index is 622. The largest absolute Gasteiger partial charge is 0.444 e. The van der Waals surface area contributed by atoms with Crippen LogP contribution in [-0.2, 0) is 22.4 Å². The van der Waals surface area contributed by atoms with Crippen molar-refractivity contribution in [1.82, 2.24) is 9.80 Å². The lowest BCUT2D eigenvalue weighted by Gasteiger charge is -2.39. The molecular weight excluding hydrogens is 332 g/mol. The molecule has 3 rings (SSSR count). The van der Waals surface area contributed by atoms with E-state index in [0.29, 0.717) is 26.2 Å². The van der Waals surface area contributed by atoms with Gasteiger partial charge in [-0.1, -0.05) is 24.3 Å². The minimum absolute atomic E-state index is 0.0146. The summed E-state index contributed by atoms with van der Waals surface area (Å²) in [5.74, 6) is 0. The summed E-state index contributed by atoms with van der Waals surface area (Å²) in [7, 11) is 0. The molecule has 0 saturated carbocycles. The third-order valence-electron chi connectivity index (χ3n) is 4.70. The maximum Gasteiger partial charge on any atom is 0.410 e. The molecule has 2 heterocycles. The molecule has 0 spiro atoms. The number of likely N-dealkylation sites (tertiary alicyclic amines) is 1. The van der Waals surface area contributed by atoms with Crippen molar-refractivity contribution < 1.29 is 19.4 Å². The highest BCUT2D eigenvalue weighted by molar-refractivity contribution is 5.69. The molecule has 1 aromatic rings. The van der Waals surface area contributed by atoms with Crippen LogP contribution in [-0.4, -0.2) is 71.6 Å². The molecule has 144 valence electrons. The minimum Gasteiger partial charge on any atom is -0.444 e. The van der Waals surface area contributed by atoms with Crippen LogP contribution < -0.4 is 0 Å². The second-order valence-corrected chi connectivity index (χ2v) is 8.25. The molecule has 0 bridgehead atoms. The van der Waals surface area contributed by atoms with Crippen LogP contribution in [0.15, 0.2) is 24.3 Å². The van der Waals surface area contributed by atoms with Crippen molar-refractivity contribution in [2.45, 2.75) is 51.5 Å². The van der Waals surface area contributed by atoms with Crippen LogP contribution >= 0.6 is 0 Å². The van der Waals surface area contributed by atoms with E-state index in [4.69, 9.17) is 9.47 Å². The maximum atomic E-state index is 11.9. The van der Waals surface area contributed by atoms with Gasteiger partial charge in [0.15, 0.2) is 0 Å². The van der Waals surface area contributed by atoms with E-state index in [1.54, 1.807) is 4.90 Å². The van der Waals surface area contributed by atoms with Gasteiger partial charge in [-0.3, -0.25) is 4.90 Å². The Hall–Kier alpha value is -1.63. The number of fused-ring (bicyclic) bond motifs is 1. The molecule has 6 nitrogen and oxygen atoms in total. The predicted octanol–water partition coefficient (Wildman–Crippen LogP) is 2.04. The Morgan fingerprint density at radius 1 is 1.27 bits per heavy atom. The summed E-state index contributed by atoms with van der Waals surface area (Å²) in [4.78, 5) is 15.8. The van der Waals surface area contributed by atoms with E-state index in [1.807, 2.05) is 20.8 Å². The zero-order chi connectivity index (χ0) is 18.7. The smallest absolute Gasteiger partial charge is 0.410 e. The molecule has 26 heavy (non-hydrogen) atoms. The highest BCUT2D eigenvalue weighted by atomic mass is 16.6. The van der Waals surface area contributed by atoms with Crippen LogP contribution in [0.1, 0.15) is 31.9 Å². The zero-order valence-electron chi connectivity index (χ0n) is 16.0. The van der Waals surface area contributed by atoms with Crippen molar-refractivity contribution in [3.8, 4) is 0 Å². The Morgan fingerprint density at radius 3 is 2.65 bits per heavy atom. The molecule has 1 atom stereocenters. The lowest BCUT2D eigenvalue weighted by atomic mass is 10.00. The normalized spacial score (nSPS) is 19.6. The maximum absolute atomic E-state index is 11.9. The third kappa shape index (κ3) is 5.19. The number of carbonyl (C=O) groups excluding carboxylic acids is 1. The summed E-state index contributed by atoms with van der Waals surface area (Å²) in [6.45, 7) is 9.36. The topological polar surface area (TPSA) is 62.2 Å². The lowest BCUT2D eigenvalue weighted by molar-refractivity contribution is -0.0867. The number of rotatable bonds is 5. The summed E-state index contributed by atoms with van der Waals surface area (Å²) in [6, 6.07) is 8.48. The van der Waals surface area contributed by atoms with Gasteiger partial charge in [0.2, 0.25) is 0 Å². The summed E-state index contributed by atoms with van der Waals surface area (Å²) in [5, 5.41) is 10.3. The first-order valence-electron chi connectivity index (χ1n) is 9.37. The minimum atomic E-state index is -0.518. The van der Waals surface area contributed by atoms with Gasteiger partial charge in [0, 0.05) is 19.6 Å². The SMILES string of the molecule is CC(C)(C)OC(=O)N1CC(OCC(O)CN2CCc3ccccc3C2)C1. The number of aliphatic hydroxyl groups excluding tert-OH is 1. The van der Waals surface area contributed by atoms with Gasteiger partial charge in [0.1, 0.15) is 5.60 Å². The number of β-amino-alcohol motifs (C(OH)–C–C–N with tert-alkyl or cyclic N) is 1. The second-order valence-electron chi connectivity index (χ2n) is 8.25. The molecule has 6 heteroatoms. The van der Waals surface area contributed by atoms with Crippen molar-refractivity contribution in [2.75, 3.05) is 32.8 Å². The second kappa shape index (κ2) is 7.94. The van der Waals surface area contributed by atoms with E-state index in [-0.39, 0.29) is 12.2 Å². The van der Waals surface area contributed by atoms with E-state index < -0.39 is 11.7 Å². The van der Waals surface area contributed by atoms with E-state index >= 15 is 0 Å². The van der Waals surface area contributed by atoms with Crippen LogP contribution in [0.2, 0.25) is 0 Å². The fourth-order valence-corrected chi connectivity index (χ4v) is 3.33. The molecule has 1 unspecified atom stereocenters. The Morgan fingerprint density at radius 2 is 1.96 bits per heavy atom. The van der Waals surface area contributed by atoms with Crippen LogP contribution in [0.4, 0.5) is 4.79 Å². The Balaban J connectivity index is 1.33. The zero-order valence-corrected chi connectivity index (χ0v) is 16.0. The number of amides is 1. The first-order valence-corrected chi connectivity index (χ1v) is 9.37. The number of hydrogen-bond acceptors (Lipinski definition) is 5. The van der Waals surface area contributed by atoms with E-state index in [0.717, 1.165) is 19.5 Å². The van der Waals surface area contributed by atoms with E-state index in [9.17, 15) is 9.90 Å². The summed E-state index contributed by atoms with van der Waals surface area (Å²) < 4.78 is 11.1. The molecule has 1 aromatic carbocycles. The van der Waals surface area contributed by atoms with Crippen LogP contribution in [0.3, 0.4) is 0 Å². The number of benzene rings is 1. The van der Waals surface area contributed by atoms with Crippen LogP contribution in [0, 0.1) is 0 Å². The molecule has 1 N–H and O–H groups in total. The lowest BCUT2D eigenvalue weighted by Crippen LogP contribution is -2.56. The molecule has 1 amide bonds. The van der Waals surface area contributed by atoms with Gasteiger partial charge in [-0.05, 0) is 38.3 Å². The van der Waals surface area contributed by atoms with Gasteiger partial charge in [-0.2, -0.15) is 0 Å². The number of hydrogen-bond donors (Lipinski definition) is 1. The quantitative estimate of drug-likeness (QED) is 0.869. The van der Waals surface area contributed by atoms with Crippen LogP contribution in [0.25, 0.3) is 0 Å². The standard InChI is InChI=1S/C20H30N2O4/c1-20(2,3)26-19(24)22-12-18(13-22)25-14-17(23)11-21-9-8-15-6-4-5-7-16(15)10-21/h4-7,17-18,23H,8-14H2,1-3H3. The Kier molecular flexibility index (Phi) is 5.85. The van der Waals surface area contributed by atoms with E-state index in [2.05, 4.69) is 29.2 Å². The number of nitrogens with zero attached hydrogens (tertiary/aromatic N) is 2. The number of ether oxygens (including phenoxy) is 2. The summed E-state index contributed by atoms with van der Waals surface area (Å²) >= 11 is 0. The van der Waals surface area contributed by atoms with Gasteiger partial charge in [-0.25, -0.2) is 4.79 Å². The first-order chi connectivity index (χ1) is 12.3. The van der Waals surface area contributed by atoms with E-state index in [1.165, 1.54) is 11.1 Å². The van der Waals surface area contributed by atoms with Crippen molar-refractivity contribution in [1.29, 1.82) is 0 Å². The highest BCUT2D eigenvalue weighted by Gasteiger charge is 2.34. The fraction of sp³-hybridized carbons (Fsp3) is 0.650. The molecule has 0 radical (unpaired) electrons. The van der Waals surface area contributed by atoms with Crippen molar-refractivity contribution >= 4 is 6.09 Å². The van der Waals surface area contributed by atoms with Crippen molar-refractivity contribution in [2.24, 2.45) is 0 Å². The van der Waals surface area contributed by atoms with Crippen molar-refractivity contribution in [3.63, 3.8) is 0 Å². The molecule has 0 aliphatic carbocycles. The molecular formula is C20H30N2O4. The van der Waals surface area contributed by atoms with Gasteiger partial charge in [-0.15, -0.1) is 0 Å². The first kappa shape index (κ1) is 19.1. The van der Waals surface area contributed by atoms with Gasteiger partial charge < -0.3 is 19.5 Å². The molecule has 1 fully saturated rings.